The van der Waals surface area contributed by atoms with Crippen LogP contribution in [0.15, 0.2) is 29.2 Å². The summed E-state index contributed by atoms with van der Waals surface area (Å²) in [4.78, 5) is 16.0. The summed E-state index contributed by atoms with van der Waals surface area (Å²) < 4.78 is 18.8. The van der Waals surface area contributed by atoms with Crippen molar-refractivity contribution >= 4 is 40.3 Å². The first-order valence-electron chi connectivity index (χ1n) is 7.06. The molecule has 2 heterocycles. The number of ether oxygens (including phenoxy) is 1. The van der Waals surface area contributed by atoms with Crippen LogP contribution < -0.4 is 4.90 Å². The highest BCUT2D eigenvalue weighted by Gasteiger charge is 2.34. The highest BCUT2D eigenvalue weighted by atomic mass is 32.2. The largest absolute Gasteiger partial charge is 0.370 e. The maximum atomic E-state index is 12.9. The Morgan fingerprint density at radius 1 is 1.32 bits per heavy atom. The number of carbonyl (C=O) groups excluding carboxylic acids is 1. The molecule has 3 rings (SSSR count). The molecule has 0 atom stereocenters. The molecule has 22 heavy (non-hydrogen) atoms. The highest BCUT2D eigenvalue weighted by molar-refractivity contribution is 8.26. The SMILES string of the molecule is O=C1/C(=C/c2ccc(F)cc2)SC(=S)N1C[NH+]1CCOCC1. The van der Waals surface area contributed by atoms with Crippen LogP contribution in [0.5, 0.6) is 0 Å². The van der Waals surface area contributed by atoms with Gasteiger partial charge in [0.1, 0.15) is 18.9 Å². The second-order valence-corrected chi connectivity index (χ2v) is 6.86. The number of carbonyl (C=O) groups is 1. The third kappa shape index (κ3) is 3.55. The molecule has 2 aliphatic rings. The van der Waals surface area contributed by atoms with E-state index in [9.17, 15) is 9.18 Å². The fourth-order valence-electron chi connectivity index (χ4n) is 2.39. The van der Waals surface area contributed by atoms with E-state index >= 15 is 0 Å². The maximum Gasteiger partial charge on any atom is 0.270 e. The zero-order chi connectivity index (χ0) is 15.5. The van der Waals surface area contributed by atoms with Crippen molar-refractivity contribution < 1.29 is 18.8 Å². The average molecular weight is 339 g/mol. The number of thioether (sulfide) groups is 1. The Hall–Kier alpha value is -1.28. The number of thiocarbonyl (C=S) groups is 1. The monoisotopic (exact) mass is 339 g/mol. The van der Waals surface area contributed by atoms with Crippen LogP contribution in [0.2, 0.25) is 0 Å². The van der Waals surface area contributed by atoms with Crippen molar-refractivity contribution in [1.82, 2.24) is 4.90 Å². The first-order chi connectivity index (χ1) is 10.6. The first kappa shape index (κ1) is 15.6. The van der Waals surface area contributed by atoms with Crippen LogP contribution in [0.4, 0.5) is 4.39 Å². The fraction of sp³-hybridized carbons (Fsp3) is 0.333. The number of rotatable bonds is 3. The van der Waals surface area contributed by atoms with Crippen LogP contribution in [0.3, 0.4) is 0 Å². The van der Waals surface area contributed by atoms with Crippen molar-refractivity contribution in [2.24, 2.45) is 0 Å². The topological polar surface area (TPSA) is 34.0 Å². The molecule has 1 aromatic carbocycles. The lowest BCUT2D eigenvalue weighted by atomic mass is 10.2. The number of amides is 1. The summed E-state index contributed by atoms with van der Waals surface area (Å²) in [6, 6.07) is 6.05. The molecular formula is C15H16FN2O2S2+. The number of nitrogens with zero attached hydrogens (tertiary/aromatic N) is 1. The average Bonchev–Trinajstić information content (AvgIpc) is 2.78. The van der Waals surface area contributed by atoms with Crippen LogP contribution in [0.25, 0.3) is 6.08 Å². The first-order valence-corrected chi connectivity index (χ1v) is 8.28. The summed E-state index contributed by atoms with van der Waals surface area (Å²) in [5, 5.41) is 0. The molecule has 2 aliphatic heterocycles. The van der Waals surface area contributed by atoms with E-state index in [0.29, 0.717) is 15.9 Å². The van der Waals surface area contributed by atoms with Gasteiger partial charge < -0.3 is 9.64 Å². The number of hydrogen-bond donors (Lipinski definition) is 1. The summed E-state index contributed by atoms with van der Waals surface area (Å²) in [5.41, 5.74) is 0.792. The summed E-state index contributed by atoms with van der Waals surface area (Å²) in [6.07, 6.45) is 1.76. The van der Waals surface area contributed by atoms with E-state index < -0.39 is 0 Å². The lowest BCUT2D eigenvalue weighted by Gasteiger charge is -2.27. The molecule has 0 aromatic heterocycles. The van der Waals surface area contributed by atoms with Gasteiger partial charge in [0, 0.05) is 0 Å². The molecule has 0 radical (unpaired) electrons. The Morgan fingerprint density at radius 2 is 2.00 bits per heavy atom. The van der Waals surface area contributed by atoms with Crippen LogP contribution in [0, 0.1) is 5.82 Å². The number of hydrogen-bond acceptors (Lipinski definition) is 4. The molecule has 116 valence electrons. The number of nitrogens with one attached hydrogen (secondary N) is 1. The minimum absolute atomic E-state index is 0.0710. The van der Waals surface area contributed by atoms with E-state index in [-0.39, 0.29) is 11.7 Å². The Morgan fingerprint density at radius 3 is 2.68 bits per heavy atom. The van der Waals surface area contributed by atoms with Crippen LogP contribution in [0.1, 0.15) is 5.56 Å². The van der Waals surface area contributed by atoms with Gasteiger partial charge in [-0.25, -0.2) is 9.29 Å². The molecule has 0 spiro atoms. The number of morpholine rings is 1. The number of benzene rings is 1. The predicted molar refractivity (Wildman–Crippen MR) is 87.8 cm³/mol. The lowest BCUT2D eigenvalue weighted by molar-refractivity contribution is -0.914. The Kier molecular flexibility index (Phi) is 4.87. The molecule has 7 heteroatoms. The molecule has 0 unspecified atom stereocenters. The Labute approximate surface area is 137 Å². The zero-order valence-corrected chi connectivity index (χ0v) is 13.5. The fourth-order valence-corrected chi connectivity index (χ4v) is 3.64. The van der Waals surface area contributed by atoms with E-state index in [1.165, 1.54) is 28.8 Å². The summed E-state index contributed by atoms with van der Waals surface area (Å²) in [5.74, 6) is -0.362. The highest BCUT2D eigenvalue weighted by Crippen LogP contribution is 2.31. The van der Waals surface area contributed by atoms with Crippen molar-refractivity contribution in [2.75, 3.05) is 33.0 Å². The smallest absolute Gasteiger partial charge is 0.270 e. The normalized spacial score (nSPS) is 21.9. The lowest BCUT2D eigenvalue weighted by Crippen LogP contribution is -3.15. The third-order valence-corrected chi connectivity index (χ3v) is 5.00. The van der Waals surface area contributed by atoms with Gasteiger partial charge in [-0.3, -0.25) is 4.79 Å². The van der Waals surface area contributed by atoms with Gasteiger partial charge in [-0.15, -0.1) is 0 Å². The van der Waals surface area contributed by atoms with Gasteiger partial charge in [0.2, 0.25) is 0 Å². The van der Waals surface area contributed by atoms with Crippen molar-refractivity contribution in [3.8, 4) is 0 Å². The molecule has 2 saturated heterocycles. The standard InChI is InChI=1S/C15H15FN2O2S2/c16-12-3-1-11(2-4-12)9-13-14(19)18(15(21)22-13)10-17-5-7-20-8-6-17/h1-4,9H,5-8,10H2/p+1/b13-9-. The molecule has 1 N–H and O–H groups in total. The molecule has 2 fully saturated rings. The van der Waals surface area contributed by atoms with E-state index in [1.807, 2.05) is 0 Å². The van der Waals surface area contributed by atoms with Gasteiger partial charge in [-0.1, -0.05) is 36.1 Å². The van der Waals surface area contributed by atoms with E-state index in [4.69, 9.17) is 17.0 Å². The Bertz CT molecular complexity index is 612. The number of halogens is 1. The van der Waals surface area contributed by atoms with Crippen molar-refractivity contribution in [3.63, 3.8) is 0 Å². The summed E-state index contributed by atoms with van der Waals surface area (Å²) in [6.45, 7) is 3.78. The van der Waals surface area contributed by atoms with Gasteiger partial charge in [0.15, 0.2) is 11.0 Å². The molecule has 1 amide bonds. The summed E-state index contributed by atoms with van der Waals surface area (Å²) in [7, 11) is 0. The molecule has 0 bridgehead atoms. The molecule has 1 aromatic rings. The minimum Gasteiger partial charge on any atom is -0.370 e. The second kappa shape index (κ2) is 6.87. The maximum absolute atomic E-state index is 12.9. The minimum atomic E-state index is -0.291. The molecule has 4 nitrogen and oxygen atoms in total. The van der Waals surface area contributed by atoms with Crippen LogP contribution >= 0.6 is 24.0 Å². The van der Waals surface area contributed by atoms with Gasteiger partial charge >= 0.3 is 0 Å². The van der Waals surface area contributed by atoms with Crippen LogP contribution in [-0.4, -0.2) is 48.1 Å². The van der Waals surface area contributed by atoms with Gasteiger partial charge in [-0.2, -0.15) is 0 Å². The third-order valence-electron chi connectivity index (χ3n) is 3.62. The zero-order valence-electron chi connectivity index (χ0n) is 11.9. The van der Waals surface area contributed by atoms with E-state index in [1.54, 1.807) is 23.1 Å². The van der Waals surface area contributed by atoms with Gasteiger partial charge in [-0.05, 0) is 23.8 Å². The van der Waals surface area contributed by atoms with Crippen LogP contribution in [-0.2, 0) is 9.53 Å². The Balaban J connectivity index is 1.71. The number of quaternary nitrogens is 1. The molecule has 0 saturated carbocycles. The van der Waals surface area contributed by atoms with E-state index in [0.717, 1.165) is 31.9 Å². The van der Waals surface area contributed by atoms with Crippen molar-refractivity contribution in [3.05, 3.63) is 40.6 Å². The van der Waals surface area contributed by atoms with Crippen molar-refractivity contribution in [2.45, 2.75) is 0 Å². The quantitative estimate of drug-likeness (QED) is 0.655. The molecule has 0 aliphatic carbocycles. The van der Waals surface area contributed by atoms with E-state index in [2.05, 4.69) is 0 Å². The summed E-state index contributed by atoms with van der Waals surface area (Å²) >= 11 is 6.62. The second-order valence-electron chi connectivity index (χ2n) is 5.18. The molecular weight excluding hydrogens is 323 g/mol. The van der Waals surface area contributed by atoms with Gasteiger partial charge in [0.25, 0.3) is 5.91 Å². The van der Waals surface area contributed by atoms with Gasteiger partial charge in [0.05, 0.1) is 18.1 Å². The van der Waals surface area contributed by atoms with Crippen molar-refractivity contribution in [1.29, 1.82) is 0 Å². The predicted octanol–water partition coefficient (Wildman–Crippen LogP) is 0.899.